The summed E-state index contributed by atoms with van der Waals surface area (Å²) in [5.41, 5.74) is 2.29. The molecule has 1 N–H and O–H groups in total. The molecule has 0 radical (unpaired) electrons. The smallest absolute Gasteiger partial charge is 0.218 e. The normalized spacial score (nSPS) is 43.0. The first-order chi connectivity index (χ1) is 11.2. The van der Waals surface area contributed by atoms with Crippen molar-refractivity contribution in [2.75, 3.05) is 6.61 Å². The van der Waals surface area contributed by atoms with E-state index in [1.54, 1.807) is 6.92 Å². The van der Waals surface area contributed by atoms with Gasteiger partial charge in [-0.25, -0.2) is 0 Å². The molecule has 1 unspecified atom stereocenters. The summed E-state index contributed by atoms with van der Waals surface area (Å²) in [6, 6.07) is 7.88. The molecule has 0 aromatic heterocycles. The van der Waals surface area contributed by atoms with E-state index in [1.807, 2.05) is 12.1 Å². The number of nitrogens with one attached hydrogen (secondary N) is 1. The third-order valence-corrected chi connectivity index (χ3v) is 5.80. The molecule has 0 amide bonds. The highest BCUT2D eigenvalue weighted by Crippen LogP contribution is 2.46. The molecule has 3 saturated heterocycles. The van der Waals surface area contributed by atoms with Crippen LogP contribution in [0.1, 0.15) is 24.1 Å². The Bertz CT molecular complexity index is 742. The maximum absolute atomic E-state index is 12.9. The number of hydrogen-bond acceptors (Lipinski definition) is 4. The Kier molecular flexibility index (Phi) is 2.72. The first-order valence-corrected chi connectivity index (χ1v) is 8.12. The maximum Gasteiger partial charge on any atom is 0.218 e. The number of fused-ring (bicyclic) bond motifs is 8. The summed E-state index contributed by atoms with van der Waals surface area (Å²) in [7, 11) is 0. The van der Waals surface area contributed by atoms with Crippen molar-refractivity contribution >= 4 is 17.6 Å². The quantitative estimate of drug-likeness (QED) is 0.800. The molecule has 5 rings (SSSR count). The van der Waals surface area contributed by atoms with Crippen LogP contribution in [0.2, 0.25) is 0 Å². The third-order valence-electron chi connectivity index (χ3n) is 5.80. The molecule has 7 atom stereocenters. The Morgan fingerprint density at radius 1 is 1.30 bits per heavy atom. The highest BCUT2D eigenvalue weighted by atomic mass is 16.7. The average Bonchev–Trinajstić information content (AvgIpc) is 3.13. The summed E-state index contributed by atoms with van der Waals surface area (Å²) in [6.07, 6.45) is 3.22. The average molecular weight is 312 g/mol. The number of quaternary nitrogens is 1. The van der Waals surface area contributed by atoms with Gasteiger partial charge < -0.3 is 9.47 Å². The van der Waals surface area contributed by atoms with E-state index in [2.05, 4.69) is 24.4 Å². The Morgan fingerprint density at radius 2 is 2.13 bits per heavy atom. The zero-order chi connectivity index (χ0) is 15.7. The lowest BCUT2D eigenvalue weighted by Crippen LogP contribution is -3.11. The van der Waals surface area contributed by atoms with E-state index in [9.17, 15) is 9.59 Å². The lowest BCUT2D eigenvalue weighted by Gasteiger charge is -2.30. The van der Waals surface area contributed by atoms with Crippen molar-refractivity contribution in [1.82, 2.24) is 0 Å². The standard InChI is InChI=1S/C18H17NO4/c1-9(20)15-13-12-8-22-18(23-12)17(21)14(13)16-11-5-3-2-4-10(11)6-7-19(15)16/h2-7,12-16,18H,8H2,1H3/p+1/t12-,13+,14-,15-,16+,18-/m0/s1. The monoisotopic (exact) mass is 312 g/mol. The van der Waals surface area contributed by atoms with E-state index in [1.165, 1.54) is 0 Å². The summed E-state index contributed by atoms with van der Waals surface area (Å²) in [6.45, 7) is 2.03. The zero-order valence-corrected chi connectivity index (χ0v) is 12.8. The van der Waals surface area contributed by atoms with Gasteiger partial charge in [0.05, 0.1) is 30.7 Å². The summed E-state index contributed by atoms with van der Waals surface area (Å²) in [5.74, 6) is -0.200. The number of rotatable bonds is 1. The first-order valence-electron chi connectivity index (χ1n) is 8.12. The number of ether oxygens (including phenoxy) is 2. The molecule has 118 valence electrons. The van der Waals surface area contributed by atoms with Crippen molar-refractivity contribution in [3.05, 3.63) is 41.6 Å². The minimum Gasteiger partial charge on any atom is -0.343 e. The van der Waals surface area contributed by atoms with Gasteiger partial charge in [-0.2, -0.15) is 0 Å². The van der Waals surface area contributed by atoms with Crippen molar-refractivity contribution < 1.29 is 24.0 Å². The van der Waals surface area contributed by atoms with Gasteiger partial charge in [-0.15, -0.1) is 0 Å². The molecule has 1 aromatic carbocycles. The second-order valence-electron chi connectivity index (χ2n) is 6.87. The molecule has 4 heterocycles. The Labute approximate surface area is 133 Å². The van der Waals surface area contributed by atoms with E-state index in [0.717, 1.165) is 16.0 Å². The minimum absolute atomic E-state index is 0.0000954. The van der Waals surface area contributed by atoms with Gasteiger partial charge in [0.1, 0.15) is 6.04 Å². The Balaban J connectivity index is 1.70. The second-order valence-corrected chi connectivity index (χ2v) is 6.87. The number of Topliss-reactive ketones (excluding diaryl/α,β-unsaturated/α-hetero) is 2. The van der Waals surface area contributed by atoms with E-state index in [-0.39, 0.29) is 41.6 Å². The third kappa shape index (κ3) is 1.67. The van der Waals surface area contributed by atoms with Crippen molar-refractivity contribution in [1.29, 1.82) is 0 Å². The summed E-state index contributed by atoms with van der Waals surface area (Å²) in [5, 5.41) is 0. The molecule has 4 aliphatic rings. The Morgan fingerprint density at radius 3 is 2.96 bits per heavy atom. The van der Waals surface area contributed by atoms with Crippen LogP contribution in [0.15, 0.2) is 30.5 Å². The van der Waals surface area contributed by atoms with Crippen LogP contribution in [-0.4, -0.2) is 36.6 Å². The van der Waals surface area contributed by atoms with Crippen LogP contribution in [0.25, 0.3) is 6.08 Å². The van der Waals surface area contributed by atoms with E-state index in [0.29, 0.717) is 6.61 Å². The van der Waals surface area contributed by atoms with Crippen molar-refractivity contribution in [2.24, 2.45) is 11.8 Å². The molecule has 23 heavy (non-hydrogen) atoms. The topological polar surface area (TPSA) is 57.0 Å². The zero-order valence-electron chi connectivity index (χ0n) is 12.8. The van der Waals surface area contributed by atoms with Crippen LogP contribution in [0.5, 0.6) is 0 Å². The number of benzene rings is 1. The van der Waals surface area contributed by atoms with Crippen LogP contribution in [0, 0.1) is 11.8 Å². The molecule has 5 heteroatoms. The van der Waals surface area contributed by atoms with Crippen molar-refractivity contribution in [3.8, 4) is 0 Å². The van der Waals surface area contributed by atoms with Gasteiger partial charge in [0.25, 0.3) is 0 Å². The molecule has 0 spiro atoms. The van der Waals surface area contributed by atoms with E-state index < -0.39 is 6.29 Å². The molecule has 0 aliphatic carbocycles. The van der Waals surface area contributed by atoms with Crippen LogP contribution < -0.4 is 4.90 Å². The molecule has 1 aromatic rings. The molecule has 2 bridgehead atoms. The van der Waals surface area contributed by atoms with E-state index >= 15 is 0 Å². The Hall–Kier alpha value is -1.82. The molecule has 5 nitrogen and oxygen atoms in total. The highest BCUT2D eigenvalue weighted by Gasteiger charge is 2.66. The number of carbonyl (C=O) groups is 2. The summed E-state index contributed by atoms with van der Waals surface area (Å²) in [4.78, 5) is 26.4. The van der Waals surface area contributed by atoms with Gasteiger partial charge >= 0.3 is 0 Å². The fraction of sp³-hybridized carbons (Fsp3) is 0.444. The number of ketones is 2. The highest BCUT2D eigenvalue weighted by molar-refractivity contribution is 5.90. The number of carbonyl (C=O) groups excluding carboxylic acids is 2. The maximum atomic E-state index is 12.9. The fourth-order valence-electron chi connectivity index (χ4n) is 5.00. The van der Waals surface area contributed by atoms with Gasteiger partial charge in [-0.1, -0.05) is 24.3 Å². The van der Waals surface area contributed by atoms with Gasteiger partial charge in [-0.05, 0) is 11.6 Å². The van der Waals surface area contributed by atoms with Crippen LogP contribution >= 0.6 is 0 Å². The van der Waals surface area contributed by atoms with Gasteiger partial charge in [0, 0.05) is 12.5 Å². The van der Waals surface area contributed by atoms with E-state index in [4.69, 9.17) is 9.47 Å². The van der Waals surface area contributed by atoms with Crippen LogP contribution in [-0.2, 0) is 19.1 Å². The minimum atomic E-state index is -0.744. The predicted octanol–water partition coefficient (Wildman–Crippen LogP) is 0.125. The molecule has 3 fully saturated rings. The summed E-state index contributed by atoms with van der Waals surface area (Å²) < 4.78 is 11.2. The summed E-state index contributed by atoms with van der Waals surface area (Å²) >= 11 is 0. The lowest BCUT2D eigenvalue weighted by molar-refractivity contribution is -0.885. The molecular weight excluding hydrogens is 294 g/mol. The molecule has 0 saturated carbocycles. The van der Waals surface area contributed by atoms with Crippen molar-refractivity contribution in [3.63, 3.8) is 0 Å². The second kappa shape index (κ2) is 4.60. The van der Waals surface area contributed by atoms with Gasteiger partial charge in [-0.3, -0.25) is 14.5 Å². The van der Waals surface area contributed by atoms with Crippen LogP contribution in [0.3, 0.4) is 0 Å². The first kappa shape index (κ1) is 13.6. The number of hydrogen-bond donors (Lipinski definition) is 1. The van der Waals surface area contributed by atoms with Gasteiger partial charge in [0.2, 0.25) is 6.29 Å². The predicted molar refractivity (Wildman–Crippen MR) is 80.2 cm³/mol. The van der Waals surface area contributed by atoms with Crippen LogP contribution in [0.4, 0.5) is 0 Å². The lowest BCUT2D eigenvalue weighted by atomic mass is 9.76. The molecule has 4 aliphatic heterocycles. The SMILES string of the molecule is CC(=O)[C@H]1[C@H]2[C@H](C(=O)[C@H]3OC[C@@H]2O3)[C@H]2c3ccccc3C=C[NH+]21. The van der Waals surface area contributed by atoms with Crippen molar-refractivity contribution in [2.45, 2.75) is 31.4 Å². The van der Waals surface area contributed by atoms with Gasteiger partial charge in [0.15, 0.2) is 17.6 Å². The fourth-order valence-corrected chi connectivity index (χ4v) is 5.00. The largest absolute Gasteiger partial charge is 0.343 e. The molecular formula is C18H18NO4+.